The van der Waals surface area contributed by atoms with E-state index in [0.717, 1.165) is 0 Å². The van der Waals surface area contributed by atoms with Gasteiger partial charge in [0.25, 0.3) is 0 Å². The highest BCUT2D eigenvalue weighted by Gasteiger charge is 2.32. The Morgan fingerprint density at radius 3 is 2.48 bits per heavy atom. The molecule has 0 unspecified atom stereocenters. The molecule has 0 spiro atoms. The van der Waals surface area contributed by atoms with E-state index < -0.39 is 6.36 Å². The summed E-state index contributed by atoms with van der Waals surface area (Å²) in [6.07, 6.45) is -4.74. The number of halogens is 3. The summed E-state index contributed by atoms with van der Waals surface area (Å²) in [4.78, 5) is 4.24. The van der Waals surface area contributed by atoms with Crippen LogP contribution in [0.15, 0.2) is 42.5 Å². The molecule has 1 aromatic carbocycles. The monoisotopic (exact) mass is 297 g/mol. The number of para-hydroxylation sites is 2. The van der Waals surface area contributed by atoms with Gasteiger partial charge < -0.3 is 15.4 Å². The molecule has 1 heterocycles. The van der Waals surface area contributed by atoms with Crippen molar-refractivity contribution < 1.29 is 17.9 Å². The Hall–Kier alpha value is -2.44. The van der Waals surface area contributed by atoms with Crippen molar-refractivity contribution in [1.29, 1.82) is 0 Å². The van der Waals surface area contributed by atoms with E-state index in [1.807, 2.05) is 6.92 Å². The van der Waals surface area contributed by atoms with Crippen LogP contribution in [-0.4, -0.2) is 17.9 Å². The lowest BCUT2D eigenvalue weighted by Gasteiger charge is -2.14. The van der Waals surface area contributed by atoms with Crippen LogP contribution < -0.4 is 15.4 Å². The summed E-state index contributed by atoms with van der Waals surface area (Å²) in [7, 11) is 0. The Kier molecular flexibility index (Phi) is 4.52. The fraction of sp³-hybridized carbons (Fsp3) is 0.214. The summed E-state index contributed by atoms with van der Waals surface area (Å²) in [5.41, 5.74) is 0.191. The van der Waals surface area contributed by atoms with Crippen LogP contribution >= 0.6 is 0 Å². The minimum Gasteiger partial charge on any atom is -0.404 e. The molecular formula is C14H14F3N3O. The van der Waals surface area contributed by atoms with Crippen molar-refractivity contribution in [1.82, 2.24) is 4.98 Å². The van der Waals surface area contributed by atoms with Crippen molar-refractivity contribution in [3.63, 3.8) is 0 Å². The zero-order chi connectivity index (χ0) is 15.3. The smallest absolute Gasteiger partial charge is 0.404 e. The molecule has 0 bridgehead atoms. The molecule has 0 atom stereocenters. The number of nitrogens with zero attached hydrogens (tertiary/aromatic N) is 1. The Morgan fingerprint density at radius 1 is 1.05 bits per heavy atom. The van der Waals surface area contributed by atoms with Gasteiger partial charge in [-0.05, 0) is 31.2 Å². The second kappa shape index (κ2) is 6.34. The maximum atomic E-state index is 12.3. The number of nitrogens with one attached hydrogen (secondary N) is 2. The molecule has 112 valence electrons. The van der Waals surface area contributed by atoms with Gasteiger partial charge in [0.05, 0.1) is 5.69 Å². The molecule has 0 fully saturated rings. The standard InChI is InChI=1S/C14H14F3N3O/c1-2-18-12-8-5-9-13(20-12)19-10-6-3-4-7-11(10)21-14(15,16)17/h3-9H,2H2,1H3,(H2,18,19,20). The molecule has 0 radical (unpaired) electrons. The third-order valence-electron chi connectivity index (χ3n) is 2.48. The van der Waals surface area contributed by atoms with E-state index in [0.29, 0.717) is 18.2 Å². The van der Waals surface area contributed by atoms with Gasteiger partial charge >= 0.3 is 6.36 Å². The first-order valence-electron chi connectivity index (χ1n) is 6.30. The van der Waals surface area contributed by atoms with Crippen LogP contribution in [0, 0.1) is 0 Å². The van der Waals surface area contributed by atoms with Crippen molar-refractivity contribution in [2.75, 3.05) is 17.2 Å². The van der Waals surface area contributed by atoms with Crippen molar-refractivity contribution in [3.8, 4) is 5.75 Å². The molecular weight excluding hydrogens is 283 g/mol. The molecule has 0 saturated heterocycles. The quantitative estimate of drug-likeness (QED) is 0.870. The van der Waals surface area contributed by atoms with Gasteiger partial charge in [0.1, 0.15) is 11.6 Å². The van der Waals surface area contributed by atoms with Crippen LogP contribution in [0.25, 0.3) is 0 Å². The summed E-state index contributed by atoms with van der Waals surface area (Å²) in [6, 6.07) is 11.0. The van der Waals surface area contributed by atoms with E-state index in [-0.39, 0.29) is 11.4 Å². The number of rotatable bonds is 5. The zero-order valence-corrected chi connectivity index (χ0v) is 11.2. The lowest BCUT2D eigenvalue weighted by molar-refractivity contribution is -0.274. The molecule has 7 heteroatoms. The summed E-state index contributed by atoms with van der Waals surface area (Å²) in [6.45, 7) is 2.62. The van der Waals surface area contributed by atoms with E-state index in [1.54, 1.807) is 24.3 Å². The predicted molar refractivity (Wildman–Crippen MR) is 74.8 cm³/mol. The lowest BCUT2D eigenvalue weighted by Crippen LogP contribution is -2.17. The third-order valence-corrected chi connectivity index (χ3v) is 2.48. The Balaban J connectivity index is 2.21. The van der Waals surface area contributed by atoms with E-state index in [4.69, 9.17) is 0 Å². The maximum absolute atomic E-state index is 12.3. The molecule has 4 nitrogen and oxygen atoms in total. The van der Waals surface area contributed by atoms with Crippen LogP contribution in [0.4, 0.5) is 30.5 Å². The number of hydrogen-bond donors (Lipinski definition) is 2. The van der Waals surface area contributed by atoms with Crippen molar-refractivity contribution in [2.24, 2.45) is 0 Å². The van der Waals surface area contributed by atoms with Crippen LogP contribution in [0.1, 0.15) is 6.92 Å². The van der Waals surface area contributed by atoms with Gasteiger partial charge in [-0.2, -0.15) is 0 Å². The summed E-state index contributed by atoms with van der Waals surface area (Å²) in [5.74, 6) is 0.754. The SMILES string of the molecule is CCNc1cccc(Nc2ccccc2OC(F)(F)F)n1. The highest BCUT2D eigenvalue weighted by molar-refractivity contribution is 5.64. The van der Waals surface area contributed by atoms with Crippen molar-refractivity contribution in [3.05, 3.63) is 42.5 Å². The van der Waals surface area contributed by atoms with Crippen LogP contribution in [0.3, 0.4) is 0 Å². The average Bonchev–Trinajstić information content (AvgIpc) is 2.40. The summed E-state index contributed by atoms with van der Waals surface area (Å²) < 4.78 is 41.0. The summed E-state index contributed by atoms with van der Waals surface area (Å²) in [5, 5.41) is 5.84. The molecule has 0 aliphatic carbocycles. The van der Waals surface area contributed by atoms with Gasteiger partial charge in [0, 0.05) is 6.54 Å². The Morgan fingerprint density at radius 2 is 1.76 bits per heavy atom. The zero-order valence-electron chi connectivity index (χ0n) is 11.2. The molecule has 2 aromatic rings. The third kappa shape index (κ3) is 4.55. The van der Waals surface area contributed by atoms with Gasteiger partial charge in [-0.3, -0.25) is 0 Å². The normalized spacial score (nSPS) is 11.0. The number of pyridine rings is 1. The van der Waals surface area contributed by atoms with Crippen LogP contribution in [0.2, 0.25) is 0 Å². The molecule has 0 aliphatic rings. The Labute approximate surface area is 120 Å². The molecule has 2 N–H and O–H groups in total. The van der Waals surface area contributed by atoms with Crippen molar-refractivity contribution in [2.45, 2.75) is 13.3 Å². The highest BCUT2D eigenvalue weighted by atomic mass is 19.4. The second-order valence-electron chi connectivity index (χ2n) is 4.11. The van der Waals surface area contributed by atoms with Gasteiger partial charge in [-0.1, -0.05) is 18.2 Å². The van der Waals surface area contributed by atoms with E-state index >= 15 is 0 Å². The summed E-state index contributed by atoms with van der Waals surface area (Å²) >= 11 is 0. The predicted octanol–water partition coefficient (Wildman–Crippen LogP) is 4.16. The van der Waals surface area contributed by atoms with Gasteiger partial charge in [0.15, 0.2) is 5.75 Å². The Bertz CT molecular complexity index is 602. The van der Waals surface area contributed by atoms with Crippen molar-refractivity contribution >= 4 is 17.3 Å². The molecule has 0 saturated carbocycles. The van der Waals surface area contributed by atoms with Crippen LogP contribution in [0.5, 0.6) is 5.75 Å². The number of hydrogen-bond acceptors (Lipinski definition) is 4. The first kappa shape index (κ1) is 15.0. The average molecular weight is 297 g/mol. The molecule has 21 heavy (non-hydrogen) atoms. The number of alkyl halides is 3. The van der Waals surface area contributed by atoms with E-state index in [1.165, 1.54) is 18.2 Å². The van der Waals surface area contributed by atoms with Gasteiger partial charge in [-0.25, -0.2) is 4.98 Å². The van der Waals surface area contributed by atoms with Gasteiger partial charge in [0.2, 0.25) is 0 Å². The number of aromatic nitrogens is 1. The minimum absolute atomic E-state index is 0.191. The lowest BCUT2D eigenvalue weighted by atomic mass is 10.3. The fourth-order valence-corrected chi connectivity index (χ4v) is 1.71. The largest absolute Gasteiger partial charge is 0.573 e. The second-order valence-corrected chi connectivity index (χ2v) is 4.11. The topological polar surface area (TPSA) is 46.2 Å². The van der Waals surface area contributed by atoms with E-state index in [2.05, 4.69) is 20.4 Å². The molecule has 1 aromatic heterocycles. The van der Waals surface area contributed by atoms with Crippen LogP contribution in [-0.2, 0) is 0 Å². The minimum atomic E-state index is -4.74. The number of ether oxygens (including phenoxy) is 1. The number of anilines is 3. The molecule has 0 aliphatic heterocycles. The first-order chi connectivity index (χ1) is 9.98. The highest BCUT2D eigenvalue weighted by Crippen LogP contribution is 2.31. The molecule has 0 amide bonds. The maximum Gasteiger partial charge on any atom is 0.573 e. The molecule has 2 rings (SSSR count). The van der Waals surface area contributed by atoms with E-state index in [9.17, 15) is 13.2 Å². The van der Waals surface area contributed by atoms with Gasteiger partial charge in [-0.15, -0.1) is 13.2 Å². The first-order valence-corrected chi connectivity index (χ1v) is 6.30. The number of benzene rings is 1. The fourth-order valence-electron chi connectivity index (χ4n) is 1.71.